The molecule has 1 saturated heterocycles. The van der Waals surface area contributed by atoms with Crippen LogP contribution < -0.4 is 0 Å². The number of carboxylic acid groups (broad SMARTS) is 1. The molecule has 0 saturated carbocycles. The molecule has 0 spiro atoms. The second kappa shape index (κ2) is 6.01. The molecule has 1 amide bonds. The molecule has 1 unspecified atom stereocenters. The minimum atomic E-state index is -1.09. The molecule has 120 valence electrons. The van der Waals surface area contributed by atoms with E-state index in [4.69, 9.17) is 4.74 Å². The van der Waals surface area contributed by atoms with Crippen LogP contribution in [0.3, 0.4) is 0 Å². The largest absolute Gasteiger partial charge is 0.481 e. The van der Waals surface area contributed by atoms with Gasteiger partial charge in [-0.15, -0.1) is 0 Å². The average molecular weight is 314 g/mol. The van der Waals surface area contributed by atoms with Crippen LogP contribution in [0.25, 0.3) is 0 Å². The lowest BCUT2D eigenvalue weighted by molar-refractivity contribution is -0.147. The topological polar surface area (TPSA) is 90.6 Å². The summed E-state index contributed by atoms with van der Waals surface area (Å²) in [5, 5.41) is 19.0. The molecule has 1 aromatic rings. The van der Waals surface area contributed by atoms with Crippen molar-refractivity contribution in [1.29, 1.82) is 5.26 Å². The van der Waals surface area contributed by atoms with Crippen molar-refractivity contribution in [3.8, 4) is 6.07 Å². The van der Waals surface area contributed by atoms with Crippen LogP contribution in [0.5, 0.6) is 0 Å². The van der Waals surface area contributed by atoms with Gasteiger partial charge in [0.15, 0.2) is 0 Å². The predicted molar refractivity (Wildman–Crippen MR) is 80.3 cm³/mol. The fraction of sp³-hybridized carbons (Fsp3) is 0.471. The maximum absolute atomic E-state index is 12.9. The molecule has 0 bridgehead atoms. The monoisotopic (exact) mass is 314 g/mol. The first-order valence-corrected chi connectivity index (χ1v) is 7.66. The Morgan fingerprint density at radius 3 is 2.65 bits per heavy atom. The van der Waals surface area contributed by atoms with Crippen molar-refractivity contribution in [2.75, 3.05) is 19.8 Å². The molecule has 0 aliphatic carbocycles. The number of carboxylic acids is 1. The second-order valence-corrected chi connectivity index (χ2v) is 6.08. The van der Waals surface area contributed by atoms with E-state index in [2.05, 4.69) is 6.07 Å². The van der Waals surface area contributed by atoms with Crippen molar-refractivity contribution in [1.82, 2.24) is 4.90 Å². The molecular formula is C17H18N2O4. The van der Waals surface area contributed by atoms with E-state index in [1.54, 1.807) is 6.07 Å². The summed E-state index contributed by atoms with van der Waals surface area (Å²) in [6, 6.07) is 9.44. The molecule has 1 atom stereocenters. The van der Waals surface area contributed by atoms with Gasteiger partial charge in [-0.3, -0.25) is 9.59 Å². The first kappa shape index (κ1) is 15.5. The van der Waals surface area contributed by atoms with Crippen LogP contribution in [0, 0.1) is 16.7 Å². The van der Waals surface area contributed by atoms with Gasteiger partial charge in [-0.25, -0.2) is 0 Å². The van der Waals surface area contributed by atoms with E-state index in [1.165, 1.54) is 4.90 Å². The molecule has 3 rings (SSSR count). The molecule has 2 aliphatic heterocycles. The summed E-state index contributed by atoms with van der Waals surface area (Å²) in [5.74, 6) is -1.98. The number of ether oxygens (including phenoxy) is 1. The van der Waals surface area contributed by atoms with Gasteiger partial charge in [-0.05, 0) is 24.0 Å². The van der Waals surface area contributed by atoms with Crippen molar-refractivity contribution in [3.63, 3.8) is 0 Å². The number of carbonyl (C=O) groups excluding carboxylic acids is 1. The van der Waals surface area contributed by atoms with Crippen LogP contribution >= 0.6 is 0 Å². The van der Waals surface area contributed by atoms with Gasteiger partial charge >= 0.3 is 5.97 Å². The second-order valence-electron chi connectivity index (χ2n) is 6.08. The van der Waals surface area contributed by atoms with Gasteiger partial charge in [0, 0.05) is 26.3 Å². The quantitative estimate of drug-likeness (QED) is 0.893. The number of hydrogen-bond donors (Lipinski definition) is 1. The summed E-state index contributed by atoms with van der Waals surface area (Å²) in [6.45, 7) is 1.22. The van der Waals surface area contributed by atoms with E-state index >= 15 is 0 Å². The Labute approximate surface area is 134 Å². The zero-order chi connectivity index (χ0) is 16.4. The van der Waals surface area contributed by atoms with Gasteiger partial charge in [-0.1, -0.05) is 24.3 Å². The zero-order valence-corrected chi connectivity index (χ0v) is 12.7. The zero-order valence-electron chi connectivity index (χ0n) is 12.7. The highest BCUT2D eigenvalue weighted by atomic mass is 16.5. The van der Waals surface area contributed by atoms with Crippen molar-refractivity contribution in [2.24, 2.45) is 5.41 Å². The van der Waals surface area contributed by atoms with Gasteiger partial charge in [-0.2, -0.15) is 5.26 Å². The van der Waals surface area contributed by atoms with E-state index in [9.17, 15) is 20.0 Å². The number of carbonyl (C=O) groups is 2. The van der Waals surface area contributed by atoms with E-state index in [0.29, 0.717) is 32.6 Å². The lowest BCUT2D eigenvalue weighted by atomic mass is 9.79. The van der Waals surface area contributed by atoms with E-state index < -0.39 is 17.3 Å². The third-order valence-corrected chi connectivity index (χ3v) is 4.75. The molecule has 23 heavy (non-hydrogen) atoms. The molecule has 0 radical (unpaired) electrons. The number of hydrogen-bond acceptors (Lipinski definition) is 4. The van der Waals surface area contributed by atoms with Gasteiger partial charge in [0.2, 0.25) is 5.91 Å². The Bertz CT molecular complexity index is 673. The average Bonchev–Trinajstić information content (AvgIpc) is 2.60. The summed E-state index contributed by atoms with van der Waals surface area (Å²) < 4.78 is 5.26. The number of amides is 1. The van der Waals surface area contributed by atoms with Gasteiger partial charge in [0.05, 0.1) is 12.0 Å². The predicted octanol–water partition coefficient (Wildman–Crippen LogP) is 1.52. The summed E-state index contributed by atoms with van der Waals surface area (Å²) in [5.41, 5.74) is 0.495. The van der Waals surface area contributed by atoms with Crippen LogP contribution in [0.1, 0.15) is 29.9 Å². The highest BCUT2D eigenvalue weighted by molar-refractivity contribution is 5.87. The third kappa shape index (κ3) is 2.68. The Balaban J connectivity index is 1.91. The Morgan fingerprint density at radius 1 is 1.30 bits per heavy atom. The van der Waals surface area contributed by atoms with Crippen LogP contribution in [0.4, 0.5) is 0 Å². The molecule has 1 N–H and O–H groups in total. The molecule has 6 heteroatoms. The normalized spacial score (nSPS) is 22.7. The summed E-state index contributed by atoms with van der Waals surface area (Å²) >= 11 is 0. The van der Waals surface area contributed by atoms with Crippen LogP contribution in [-0.2, 0) is 20.9 Å². The maximum Gasteiger partial charge on any atom is 0.312 e. The smallest absolute Gasteiger partial charge is 0.312 e. The lowest BCUT2D eigenvalue weighted by Crippen LogP contribution is -2.49. The molecule has 2 heterocycles. The molecule has 1 fully saturated rings. The van der Waals surface area contributed by atoms with Crippen molar-refractivity contribution in [3.05, 3.63) is 35.4 Å². The first-order chi connectivity index (χ1) is 11.1. The number of nitrogens with zero attached hydrogens (tertiary/aromatic N) is 2. The highest BCUT2D eigenvalue weighted by Crippen LogP contribution is 2.36. The van der Waals surface area contributed by atoms with Crippen LogP contribution in [0.2, 0.25) is 0 Å². The molecule has 1 aromatic carbocycles. The van der Waals surface area contributed by atoms with E-state index in [0.717, 1.165) is 11.1 Å². The van der Waals surface area contributed by atoms with Crippen LogP contribution in [-0.4, -0.2) is 41.6 Å². The van der Waals surface area contributed by atoms with Gasteiger partial charge < -0.3 is 14.7 Å². The SMILES string of the molecule is N#CC1(C(=O)N2Cc3ccccc3C(C(=O)O)C2)CCOCC1. The molecule has 2 aliphatic rings. The minimum absolute atomic E-state index is 0.107. The molecule has 6 nitrogen and oxygen atoms in total. The van der Waals surface area contributed by atoms with Crippen LogP contribution in [0.15, 0.2) is 24.3 Å². The number of rotatable bonds is 2. The number of fused-ring (bicyclic) bond motifs is 1. The molecule has 0 aromatic heterocycles. The van der Waals surface area contributed by atoms with E-state index in [1.807, 2.05) is 18.2 Å². The summed E-state index contributed by atoms with van der Waals surface area (Å²) in [6.07, 6.45) is 0.719. The van der Waals surface area contributed by atoms with Crippen molar-refractivity contribution >= 4 is 11.9 Å². The first-order valence-electron chi connectivity index (χ1n) is 7.66. The Kier molecular flexibility index (Phi) is 4.05. The van der Waals surface area contributed by atoms with Gasteiger partial charge in [0.25, 0.3) is 0 Å². The van der Waals surface area contributed by atoms with Gasteiger partial charge in [0.1, 0.15) is 5.41 Å². The Hall–Kier alpha value is -2.39. The van der Waals surface area contributed by atoms with E-state index in [-0.39, 0.29) is 12.5 Å². The minimum Gasteiger partial charge on any atom is -0.481 e. The fourth-order valence-corrected chi connectivity index (χ4v) is 3.37. The highest BCUT2D eigenvalue weighted by Gasteiger charge is 2.45. The molecular weight excluding hydrogens is 296 g/mol. The maximum atomic E-state index is 12.9. The van der Waals surface area contributed by atoms with Crippen molar-refractivity contribution < 1.29 is 19.4 Å². The van der Waals surface area contributed by atoms with Crippen molar-refractivity contribution in [2.45, 2.75) is 25.3 Å². The lowest BCUT2D eigenvalue weighted by Gasteiger charge is -2.38. The third-order valence-electron chi connectivity index (χ3n) is 4.75. The number of aliphatic carboxylic acids is 1. The fourth-order valence-electron chi connectivity index (χ4n) is 3.37. The number of benzene rings is 1. The Morgan fingerprint density at radius 2 is 2.00 bits per heavy atom. The summed E-state index contributed by atoms with van der Waals surface area (Å²) in [7, 11) is 0. The standard InChI is InChI=1S/C17H18N2O4/c18-11-17(5-7-23-8-6-17)16(22)19-9-12-3-1-2-4-13(12)14(10-19)15(20)21/h1-4,14H,5-10H2,(H,20,21). The summed E-state index contributed by atoms with van der Waals surface area (Å²) in [4.78, 5) is 26.1. The number of nitriles is 1.